The van der Waals surface area contributed by atoms with Crippen LogP contribution in [0.4, 0.5) is 19.0 Å². The molecule has 4 aromatic rings. The quantitative estimate of drug-likeness (QED) is 0.323. The minimum atomic E-state index is -4.48. The number of carbonyl (C=O) groups is 1. The van der Waals surface area contributed by atoms with Crippen LogP contribution in [-0.2, 0) is 0 Å². The average Bonchev–Trinajstić information content (AvgIpc) is 3.64. The topological polar surface area (TPSA) is 53.4 Å². The van der Waals surface area contributed by atoms with Crippen molar-refractivity contribution in [2.75, 3.05) is 31.5 Å². The van der Waals surface area contributed by atoms with Gasteiger partial charge in [0.25, 0.3) is 5.91 Å². The van der Waals surface area contributed by atoms with Gasteiger partial charge in [-0.15, -0.1) is 11.3 Å². The number of nitrogens with zero attached hydrogens (tertiary/aromatic N) is 4. The molecular formula is C29H28F3N5OS. The smallest absolute Gasteiger partial charge is 0.363 e. The fourth-order valence-corrected chi connectivity index (χ4v) is 6.37. The molecule has 4 heterocycles. The third-order valence-corrected chi connectivity index (χ3v) is 8.48. The highest BCUT2D eigenvalue weighted by atomic mass is 32.1. The lowest BCUT2D eigenvalue weighted by Gasteiger charge is -2.39. The Hall–Kier alpha value is -3.63. The Bertz CT molecular complexity index is 1360. The van der Waals surface area contributed by atoms with E-state index in [1.54, 1.807) is 4.90 Å². The Kier molecular flexibility index (Phi) is 6.90. The van der Waals surface area contributed by atoms with Crippen LogP contribution in [-0.4, -0.2) is 57.8 Å². The summed E-state index contributed by atoms with van der Waals surface area (Å²) >= 11 is 1.41. The Labute approximate surface area is 228 Å². The summed E-state index contributed by atoms with van der Waals surface area (Å²) < 4.78 is 43.0. The minimum Gasteiger partial charge on any atom is -0.363 e. The van der Waals surface area contributed by atoms with Gasteiger partial charge in [-0.25, -0.2) is 4.68 Å². The SMILES string of the molecule is O=C(c1cc2n(n1)[C@H](C(F)(F)F)C[C@H](c1cccs1)N2)N1CCN(C(c2ccccc2)c2ccccc2)CC1. The van der Waals surface area contributed by atoms with Gasteiger partial charge in [-0.3, -0.25) is 9.69 Å². The number of hydrogen-bond acceptors (Lipinski definition) is 5. The molecule has 39 heavy (non-hydrogen) atoms. The van der Waals surface area contributed by atoms with Gasteiger partial charge in [-0.05, 0) is 22.6 Å². The number of fused-ring (bicyclic) bond motifs is 1. The second-order valence-electron chi connectivity index (χ2n) is 9.92. The van der Waals surface area contributed by atoms with Crippen molar-refractivity contribution < 1.29 is 18.0 Å². The summed E-state index contributed by atoms with van der Waals surface area (Å²) in [5, 5.41) is 9.19. The molecule has 0 radical (unpaired) electrons. The van der Waals surface area contributed by atoms with Crippen molar-refractivity contribution in [2.24, 2.45) is 0 Å². The van der Waals surface area contributed by atoms with Crippen molar-refractivity contribution in [3.63, 3.8) is 0 Å². The highest BCUT2D eigenvalue weighted by Gasteiger charge is 2.47. The summed E-state index contributed by atoms with van der Waals surface area (Å²) in [5.41, 5.74) is 2.39. The molecular weight excluding hydrogens is 523 g/mol. The molecule has 6 rings (SSSR count). The van der Waals surface area contributed by atoms with Crippen LogP contribution in [0.25, 0.3) is 0 Å². The summed E-state index contributed by atoms with van der Waals surface area (Å²) in [5.74, 6) is -0.125. The molecule has 1 amide bonds. The van der Waals surface area contributed by atoms with Crippen LogP contribution in [0.3, 0.4) is 0 Å². The lowest BCUT2D eigenvalue weighted by molar-refractivity contribution is -0.173. The fourth-order valence-electron chi connectivity index (χ4n) is 5.58. The molecule has 202 valence electrons. The van der Waals surface area contributed by atoms with E-state index in [0.29, 0.717) is 26.2 Å². The summed E-state index contributed by atoms with van der Waals surface area (Å²) in [7, 11) is 0. The zero-order valence-corrected chi connectivity index (χ0v) is 21.9. The van der Waals surface area contributed by atoms with E-state index < -0.39 is 18.3 Å². The molecule has 0 unspecified atom stereocenters. The number of nitrogens with one attached hydrogen (secondary N) is 1. The van der Waals surface area contributed by atoms with Gasteiger partial charge in [0.1, 0.15) is 5.82 Å². The number of carbonyl (C=O) groups excluding carboxylic acids is 1. The van der Waals surface area contributed by atoms with E-state index in [1.165, 1.54) is 28.5 Å². The summed E-state index contributed by atoms with van der Waals surface area (Å²) in [6.07, 6.45) is -4.65. The Balaban J connectivity index is 1.20. The fraction of sp³-hybridized carbons (Fsp3) is 0.310. The van der Waals surface area contributed by atoms with Gasteiger partial charge in [0.05, 0.1) is 12.1 Å². The molecule has 10 heteroatoms. The molecule has 2 aliphatic heterocycles. The van der Waals surface area contributed by atoms with Gasteiger partial charge in [0.2, 0.25) is 0 Å². The second-order valence-corrected chi connectivity index (χ2v) is 10.9. The van der Waals surface area contributed by atoms with Crippen molar-refractivity contribution >= 4 is 23.1 Å². The molecule has 1 N–H and O–H groups in total. The number of hydrogen-bond donors (Lipinski definition) is 1. The number of alkyl halides is 3. The van der Waals surface area contributed by atoms with E-state index in [9.17, 15) is 18.0 Å². The maximum absolute atomic E-state index is 14.0. The monoisotopic (exact) mass is 551 g/mol. The number of halogens is 3. The summed E-state index contributed by atoms with van der Waals surface area (Å²) in [6.45, 7) is 2.20. The molecule has 0 spiro atoms. The third-order valence-electron chi connectivity index (χ3n) is 7.49. The van der Waals surface area contributed by atoms with Crippen molar-refractivity contribution in [3.8, 4) is 0 Å². The number of thiophene rings is 1. The van der Waals surface area contributed by atoms with Crippen LogP contribution < -0.4 is 5.32 Å². The van der Waals surface area contributed by atoms with Gasteiger partial charge >= 0.3 is 6.18 Å². The first kappa shape index (κ1) is 25.6. The van der Waals surface area contributed by atoms with E-state index in [-0.39, 0.29) is 29.9 Å². The predicted octanol–water partition coefficient (Wildman–Crippen LogP) is 6.15. The van der Waals surface area contributed by atoms with Crippen molar-refractivity contribution in [3.05, 3.63) is 106 Å². The largest absolute Gasteiger partial charge is 0.410 e. The van der Waals surface area contributed by atoms with Crippen LogP contribution in [0, 0.1) is 0 Å². The molecule has 2 aromatic heterocycles. The van der Waals surface area contributed by atoms with Gasteiger partial charge in [0.15, 0.2) is 11.7 Å². The predicted molar refractivity (Wildman–Crippen MR) is 145 cm³/mol. The Morgan fingerprint density at radius 3 is 2.13 bits per heavy atom. The van der Waals surface area contributed by atoms with Crippen LogP contribution in [0.1, 0.15) is 51.0 Å². The van der Waals surface area contributed by atoms with Crippen LogP contribution in [0.5, 0.6) is 0 Å². The molecule has 1 saturated heterocycles. The Morgan fingerprint density at radius 2 is 1.56 bits per heavy atom. The molecule has 0 bridgehead atoms. The zero-order valence-electron chi connectivity index (χ0n) is 21.1. The second kappa shape index (κ2) is 10.5. The maximum Gasteiger partial charge on any atom is 0.410 e. The van der Waals surface area contributed by atoms with Crippen molar-refractivity contribution in [2.45, 2.75) is 30.7 Å². The van der Waals surface area contributed by atoms with E-state index in [4.69, 9.17) is 0 Å². The molecule has 2 atom stereocenters. The number of amides is 1. The summed E-state index contributed by atoms with van der Waals surface area (Å²) in [6, 6.07) is 23.4. The lowest BCUT2D eigenvalue weighted by Crippen LogP contribution is -2.50. The van der Waals surface area contributed by atoms with Gasteiger partial charge in [0, 0.05) is 43.5 Å². The molecule has 6 nitrogen and oxygen atoms in total. The van der Waals surface area contributed by atoms with Gasteiger partial charge in [-0.2, -0.15) is 18.3 Å². The van der Waals surface area contributed by atoms with Crippen molar-refractivity contribution in [1.82, 2.24) is 19.6 Å². The third kappa shape index (κ3) is 5.18. The first-order valence-corrected chi connectivity index (χ1v) is 13.9. The molecule has 2 aromatic carbocycles. The van der Waals surface area contributed by atoms with Crippen LogP contribution in [0.2, 0.25) is 0 Å². The van der Waals surface area contributed by atoms with E-state index >= 15 is 0 Å². The molecule has 0 saturated carbocycles. The zero-order chi connectivity index (χ0) is 27.0. The van der Waals surface area contributed by atoms with Crippen LogP contribution >= 0.6 is 11.3 Å². The maximum atomic E-state index is 14.0. The van der Waals surface area contributed by atoms with Crippen LogP contribution in [0.15, 0.2) is 84.2 Å². The standard InChI is InChI=1S/C29H28F3N5OS/c30-29(31,32)25-18-22(24-12-7-17-39-24)33-26-19-23(34-37(25)26)28(38)36-15-13-35(14-16-36)27(20-8-3-1-4-9-20)21-10-5-2-6-11-21/h1-12,17,19,22,25,27,33H,13-16,18H2/t22-,25+/m1/s1. The molecule has 0 aliphatic carbocycles. The number of piperazine rings is 1. The first-order chi connectivity index (χ1) is 18.9. The van der Waals surface area contributed by atoms with Gasteiger partial charge < -0.3 is 10.2 Å². The molecule has 1 fully saturated rings. The normalized spacial score (nSPS) is 20.1. The highest BCUT2D eigenvalue weighted by Crippen LogP contribution is 2.44. The number of benzene rings is 2. The summed E-state index contributed by atoms with van der Waals surface area (Å²) in [4.78, 5) is 18.3. The van der Waals surface area contributed by atoms with E-state index in [0.717, 1.165) is 9.56 Å². The average molecular weight is 552 g/mol. The Morgan fingerprint density at radius 1 is 0.923 bits per heavy atom. The number of anilines is 1. The number of aromatic nitrogens is 2. The highest BCUT2D eigenvalue weighted by molar-refractivity contribution is 7.10. The van der Waals surface area contributed by atoms with E-state index in [1.807, 2.05) is 53.9 Å². The van der Waals surface area contributed by atoms with Crippen molar-refractivity contribution in [1.29, 1.82) is 0 Å². The van der Waals surface area contributed by atoms with Gasteiger partial charge in [-0.1, -0.05) is 66.7 Å². The van der Waals surface area contributed by atoms with E-state index in [2.05, 4.69) is 39.6 Å². The molecule has 2 aliphatic rings. The lowest BCUT2D eigenvalue weighted by atomic mass is 9.96. The first-order valence-electron chi connectivity index (χ1n) is 13.0. The number of rotatable bonds is 5. The minimum absolute atomic E-state index is 0.0368.